The number of aryl methyl sites for hydroxylation is 2. The quantitative estimate of drug-likeness (QED) is 0.888. The van der Waals surface area contributed by atoms with Gasteiger partial charge in [-0.2, -0.15) is 0 Å². The number of hydrogen-bond acceptors (Lipinski definition) is 3. The average molecular weight is 340 g/mol. The van der Waals surface area contributed by atoms with Gasteiger partial charge in [0.25, 0.3) is 0 Å². The number of anilines is 2. The predicted octanol–water partition coefficient (Wildman–Crippen LogP) is 3.99. The summed E-state index contributed by atoms with van der Waals surface area (Å²) < 4.78 is 0. The number of carbonyl (C=O) groups is 2. The fourth-order valence-corrected chi connectivity index (χ4v) is 3.95. The topological polar surface area (TPSA) is 58.2 Å². The van der Waals surface area contributed by atoms with Crippen LogP contribution in [0.5, 0.6) is 0 Å². The molecule has 2 atom stereocenters. The van der Waals surface area contributed by atoms with E-state index in [4.69, 9.17) is 0 Å². The molecule has 5 heteroatoms. The first-order valence-corrected chi connectivity index (χ1v) is 8.79. The van der Waals surface area contributed by atoms with Crippen LogP contribution in [0.25, 0.3) is 0 Å². The van der Waals surface area contributed by atoms with Crippen molar-refractivity contribution in [1.82, 2.24) is 0 Å². The number of rotatable bonds is 3. The van der Waals surface area contributed by atoms with E-state index in [9.17, 15) is 9.59 Å². The number of para-hydroxylation sites is 2. The Bertz CT molecular complexity index is 783. The number of amides is 2. The Morgan fingerprint density at radius 2 is 1.79 bits per heavy atom. The average Bonchev–Trinajstić information content (AvgIpc) is 2.57. The van der Waals surface area contributed by atoms with E-state index in [0.717, 1.165) is 27.4 Å². The van der Waals surface area contributed by atoms with E-state index >= 15 is 0 Å². The van der Waals surface area contributed by atoms with E-state index in [0.29, 0.717) is 0 Å². The molecule has 2 aromatic carbocycles. The summed E-state index contributed by atoms with van der Waals surface area (Å²) in [5.74, 6) is -0.704. The van der Waals surface area contributed by atoms with E-state index in [-0.39, 0.29) is 11.8 Å². The maximum atomic E-state index is 12.7. The van der Waals surface area contributed by atoms with Gasteiger partial charge in [0, 0.05) is 10.6 Å². The Balaban J connectivity index is 1.78. The summed E-state index contributed by atoms with van der Waals surface area (Å²) >= 11 is 1.45. The minimum Gasteiger partial charge on any atom is -0.325 e. The second kappa shape index (κ2) is 6.69. The van der Waals surface area contributed by atoms with E-state index in [2.05, 4.69) is 10.6 Å². The minimum absolute atomic E-state index is 0.122. The van der Waals surface area contributed by atoms with Gasteiger partial charge in [0.1, 0.15) is 0 Å². The number of carbonyl (C=O) groups excluding carboxylic acids is 2. The standard InChI is InChI=1S/C19H20N2O2S/c1-11-7-6-8-12(2)16(11)21-18(22)13(3)17-19(23)20-14-9-4-5-10-15(14)24-17/h4-10,13,17H,1-3H3,(H,20,23)(H,21,22). The third-order valence-corrected chi connectivity index (χ3v) is 5.74. The van der Waals surface area contributed by atoms with E-state index in [1.807, 2.05) is 56.3 Å². The number of nitrogens with one attached hydrogen (secondary N) is 2. The van der Waals surface area contributed by atoms with Crippen molar-refractivity contribution in [2.24, 2.45) is 5.92 Å². The zero-order chi connectivity index (χ0) is 17.3. The summed E-state index contributed by atoms with van der Waals surface area (Å²) in [5, 5.41) is 5.44. The molecular formula is C19H20N2O2S. The van der Waals surface area contributed by atoms with Gasteiger partial charge in [0.05, 0.1) is 16.9 Å². The van der Waals surface area contributed by atoms with Crippen molar-refractivity contribution < 1.29 is 9.59 Å². The van der Waals surface area contributed by atoms with Gasteiger partial charge in [-0.3, -0.25) is 9.59 Å². The summed E-state index contributed by atoms with van der Waals surface area (Å²) in [6.45, 7) is 5.73. The molecule has 3 rings (SSSR count). The predicted molar refractivity (Wildman–Crippen MR) is 98.4 cm³/mol. The van der Waals surface area contributed by atoms with Crippen LogP contribution in [0.2, 0.25) is 0 Å². The van der Waals surface area contributed by atoms with Gasteiger partial charge in [-0.25, -0.2) is 0 Å². The Morgan fingerprint density at radius 1 is 1.12 bits per heavy atom. The molecule has 0 bridgehead atoms. The molecule has 0 spiro atoms. The van der Waals surface area contributed by atoms with Crippen LogP contribution in [0, 0.1) is 19.8 Å². The number of thioether (sulfide) groups is 1. The van der Waals surface area contributed by atoms with Crippen LogP contribution in [0.3, 0.4) is 0 Å². The molecule has 0 saturated carbocycles. The van der Waals surface area contributed by atoms with Crippen LogP contribution in [-0.2, 0) is 9.59 Å². The Hall–Kier alpha value is -2.27. The van der Waals surface area contributed by atoms with Crippen molar-refractivity contribution in [2.45, 2.75) is 30.9 Å². The Labute approximate surface area is 146 Å². The van der Waals surface area contributed by atoms with Crippen molar-refractivity contribution in [2.75, 3.05) is 10.6 Å². The van der Waals surface area contributed by atoms with Gasteiger partial charge in [-0.1, -0.05) is 37.3 Å². The second-order valence-electron chi connectivity index (χ2n) is 6.07. The summed E-state index contributed by atoms with van der Waals surface area (Å²) in [6, 6.07) is 13.5. The van der Waals surface area contributed by atoms with Crippen molar-refractivity contribution in [1.29, 1.82) is 0 Å². The SMILES string of the molecule is Cc1cccc(C)c1NC(=O)C(C)C1Sc2ccccc2NC1=O. The van der Waals surface area contributed by atoms with E-state index in [1.54, 1.807) is 6.92 Å². The van der Waals surface area contributed by atoms with Crippen LogP contribution in [0.15, 0.2) is 47.4 Å². The smallest absolute Gasteiger partial charge is 0.238 e. The molecule has 24 heavy (non-hydrogen) atoms. The lowest BCUT2D eigenvalue weighted by Gasteiger charge is -2.28. The molecule has 2 unspecified atom stereocenters. The first-order chi connectivity index (χ1) is 11.5. The third-order valence-electron chi connectivity index (χ3n) is 4.25. The highest BCUT2D eigenvalue weighted by atomic mass is 32.2. The number of benzene rings is 2. The normalized spacial score (nSPS) is 17.6. The van der Waals surface area contributed by atoms with Crippen LogP contribution in [0.1, 0.15) is 18.1 Å². The fourth-order valence-electron chi connectivity index (χ4n) is 2.78. The summed E-state index contributed by atoms with van der Waals surface area (Å²) in [6.07, 6.45) is 0. The first-order valence-electron chi connectivity index (χ1n) is 7.91. The van der Waals surface area contributed by atoms with Gasteiger partial charge >= 0.3 is 0 Å². The molecule has 1 aliphatic heterocycles. The highest BCUT2D eigenvalue weighted by Crippen LogP contribution is 2.38. The summed E-state index contributed by atoms with van der Waals surface area (Å²) in [4.78, 5) is 26.0. The minimum atomic E-state index is -0.442. The highest BCUT2D eigenvalue weighted by Gasteiger charge is 2.35. The molecule has 124 valence electrons. The molecule has 0 saturated heterocycles. The Kier molecular flexibility index (Phi) is 4.62. The molecule has 2 aromatic rings. The second-order valence-corrected chi connectivity index (χ2v) is 7.25. The zero-order valence-corrected chi connectivity index (χ0v) is 14.7. The lowest BCUT2D eigenvalue weighted by molar-refractivity contribution is -0.123. The third kappa shape index (κ3) is 3.17. The zero-order valence-electron chi connectivity index (χ0n) is 13.9. The van der Waals surface area contributed by atoms with E-state index < -0.39 is 11.2 Å². The largest absolute Gasteiger partial charge is 0.325 e. The Morgan fingerprint density at radius 3 is 2.50 bits per heavy atom. The monoisotopic (exact) mass is 340 g/mol. The molecule has 1 heterocycles. The van der Waals surface area contributed by atoms with Crippen LogP contribution < -0.4 is 10.6 Å². The van der Waals surface area contributed by atoms with Crippen molar-refractivity contribution in [3.05, 3.63) is 53.6 Å². The lowest BCUT2D eigenvalue weighted by atomic mass is 10.0. The van der Waals surface area contributed by atoms with Gasteiger partial charge in [-0.05, 0) is 37.1 Å². The van der Waals surface area contributed by atoms with Crippen molar-refractivity contribution in [3.63, 3.8) is 0 Å². The summed E-state index contributed by atoms with van der Waals surface area (Å²) in [5.41, 5.74) is 3.67. The molecule has 0 aromatic heterocycles. The maximum Gasteiger partial charge on any atom is 0.238 e. The number of fused-ring (bicyclic) bond motifs is 1. The summed E-state index contributed by atoms with van der Waals surface area (Å²) in [7, 11) is 0. The highest BCUT2D eigenvalue weighted by molar-refractivity contribution is 8.01. The molecule has 2 amide bonds. The molecular weight excluding hydrogens is 320 g/mol. The molecule has 0 aliphatic carbocycles. The molecule has 2 N–H and O–H groups in total. The van der Waals surface area contributed by atoms with Gasteiger partial charge < -0.3 is 10.6 Å². The van der Waals surface area contributed by atoms with Gasteiger partial charge in [0.15, 0.2) is 0 Å². The lowest BCUT2D eigenvalue weighted by Crippen LogP contribution is -2.39. The molecule has 0 fully saturated rings. The maximum absolute atomic E-state index is 12.7. The molecule has 4 nitrogen and oxygen atoms in total. The van der Waals surface area contributed by atoms with Crippen LogP contribution >= 0.6 is 11.8 Å². The van der Waals surface area contributed by atoms with Crippen LogP contribution in [-0.4, -0.2) is 17.1 Å². The van der Waals surface area contributed by atoms with Crippen molar-refractivity contribution in [3.8, 4) is 0 Å². The molecule has 1 aliphatic rings. The fraction of sp³-hybridized carbons (Fsp3) is 0.263. The van der Waals surface area contributed by atoms with E-state index in [1.165, 1.54) is 11.8 Å². The van der Waals surface area contributed by atoms with Gasteiger partial charge in [0.2, 0.25) is 11.8 Å². The van der Waals surface area contributed by atoms with Gasteiger partial charge in [-0.15, -0.1) is 11.8 Å². The first kappa shape index (κ1) is 16.6. The van der Waals surface area contributed by atoms with Crippen LogP contribution in [0.4, 0.5) is 11.4 Å². The number of hydrogen-bond donors (Lipinski definition) is 2. The molecule has 0 radical (unpaired) electrons. The van der Waals surface area contributed by atoms with Crippen molar-refractivity contribution >= 4 is 35.0 Å².